The second kappa shape index (κ2) is 29.4. The molecule has 9 heteroatoms. The first-order valence-electron chi connectivity index (χ1n) is 43.0. The summed E-state index contributed by atoms with van der Waals surface area (Å²) < 4.78 is 14.1. The average molecular weight is 1610 g/mol. The second-order valence-electron chi connectivity index (χ2n) is 32.6. The van der Waals surface area contributed by atoms with E-state index >= 15 is 0 Å². The zero-order valence-corrected chi connectivity index (χ0v) is 68.3. The van der Waals surface area contributed by atoms with Crippen molar-refractivity contribution in [1.82, 2.24) is 42.4 Å². The van der Waals surface area contributed by atoms with Crippen molar-refractivity contribution in [1.29, 1.82) is 0 Å². The van der Waals surface area contributed by atoms with E-state index in [1.807, 2.05) is 0 Å². The van der Waals surface area contributed by atoms with Gasteiger partial charge in [0.1, 0.15) is 0 Å². The summed E-state index contributed by atoms with van der Waals surface area (Å²) in [7, 11) is 0. The lowest BCUT2D eigenvalue weighted by Crippen LogP contribution is -1.98. The Morgan fingerprint density at radius 2 is 0.270 bits per heavy atom. The fourth-order valence-electron chi connectivity index (χ4n) is 19.8. The molecule has 18 aromatic carbocycles. The molecule has 0 fully saturated rings. The van der Waals surface area contributed by atoms with Gasteiger partial charge in [0.15, 0.2) is 5.82 Å². The lowest BCUT2D eigenvalue weighted by molar-refractivity contribution is 1.16. The van der Waals surface area contributed by atoms with E-state index in [1.165, 1.54) is 131 Å². The Labute approximate surface area is 725 Å². The first-order chi connectivity index (χ1) is 62.5. The third-order valence-corrected chi connectivity index (χ3v) is 25.6. The maximum Gasteiger partial charge on any atom is 0.160 e. The summed E-state index contributed by atoms with van der Waals surface area (Å²) >= 11 is 0. The van der Waals surface area contributed by atoms with Crippen LogP contribution in [0.15, 0.2) is 455 Å². The standard InChI is InChI=1S/C59H38N4.C58H37N5/c1-7-19-54-46(13-1)47-14-2-8-20-55(47)61(54)43-31-25-39(26-32-43)42-37-52(40-27-33-44(34-28-40)62-56-21-9-3-15-48(56)49-16-4-10-22-57(49)62)60-53(38-42)41-29-35-45(36-30-41)63-58-23-11-5-17-50(58)51-18-6-12-24-59(51)63;1-7-19-52-44(13-1)45-14-2-8-20-53(45)61(52)41-31-25-38(26-32-41)50-37-51(39-27-33-42(34-28-39)62-54-21-9-3-15-46(54)47-16-4-10-22-55(47)62)60-58(59-50)40-29-35-43(36-30-40)63-56-23-11-5-17-48(56)49-18-6-12-24-57(49)63/h1-38H;1-37H. The number of para-hydroxylation sites is 12. The quantitative estimate of drug-likeness (QED) is 0.122. The van der Waals surface area contributed by atoms with Gasteiger partial charge in [0.05, 0.1) is 89.0 Å². The van der Waals surface area contributed by atoms with Crippen LogP contribution in [0.1, 0.15) is 0 Å². The van der Waals surface area contributed by atoms with Crippen molar-refractivity contribution in [3.05, 3.63) is 455 Å². The van der Waals surface area contributed by atoms with Gasteiger partial charge < -0.3 is 27.4 Å². The Kier molecular flexibility index (Phi) is 16.8. The molecule has 8 aromatic heterocycles. The van der Waals surface area contributed by atoms with Crippen molar-refractivity contribution in [2.24, 2.45) is 0 Å². The van der Waals surface area contributed by atoms with Crippen LogP contribution >= 0.6 is 0 Å². The first-order valence-corrected chi connectivity index (χ1v) is 43.0. The molecule has 0 atom stereocenters. The summed E-state index contributed by atoms with van der Waals surface area (Å²) in [6.07, 6.45) is 0. The fraction of sp³-hybridized carbons (Fsp3) is 0. The van der Waals surface area contributed by atoms with E-state index in [2.05, 4.69) is 482 Å². The minimum Gasteiger partial charge on any atom is -0.309 e. The molecular weight excluding hydrogens is 1530 g/mol. The molecule has 26 aromatic rings. The summed E-state index contributed by atoms with van der Waals surface area (Å²) in [5.41, 5.74) is 31.9. The predicted octanol–water partition coefficient (Wildman–Crippen LogP) is 30.1. The van der Waals surface area contributed by atoms with Crippen LogP contribution in [0.2, 0.25) is 0 Å². The predicted molar refractivity (Wildman–Crippen MR) is 525 cm³/mol. The maximum atomic E-state index is 5.39. The molecule has 26 rings (SSSR count). The Morgan fingerprint density at radius 3 is 0.452 bits per heavy atom. The molecule has 0 bridgehead atoms. The number of pyridine rings is 1. The van der Waals surface area contributed by atoms with Crippen LogP contribution in [0.5, 0.6) is 0 Å². The van der Waals surface area contributed by atoms with Crippen molar-refractivity contribution in [2.45, 2.75) is 0 Å². The fourth-order valence-corrected chi connectivity index (χ4v) is 19.8. The van der Waals surface area contributed by atoms with Gasteiger partial charge in [0.25, 0.3) is 0 Å². The highest BCUT2D eigenvalue weighted by molar-refractivity contribution is 6.14. The Bertz CT molecular complexity index is 7130. The van der Waals surface area contributed by atoms with E-state index in [9.17, 15) is 0 Å². The summed E-state index contributed by atoms with van der Waals surface area (Å²) in [5.74, 6) is 0.675. The summed E-state index contributed by atoms with van der Waals surface area (Å²) in [5, 5.41) is 15.0. The highest BCUT2D eigenvalue weighted by Crippen LogP contribution is 2.43. The minimum absolute atomic E-state index is 0.675. The van der Waals surface area contributed by atoms with Gasteiger partial charge in [-0.2, -0.15) is 0 Å². The molecule has 0 unspecified atom stereocenters. The normalized spacial score (nSPS) is 11.8. The van der Waals surface area contributed by atoms with Gasteiger partial charge in [-0.05, 0) is 187 Å². The third-order valence-electron chi connectivity index (χ3n) is 25.6. The minimum atomic E-state index is 0.675. The Balaban J connectivity index is 0.000000137. The van der Waals surface area contributed by atoms with E-state index in [0.717, 1.165) is 95.8 Å². The molecule has 126 heavy (non-hydrogen) atoms. The van der Waals surface area contributed by atoms with Gasteiger partial charge in [0.2, 0.25) is 0 Å². The first kappa shape index (κ1) is 71.9. The van der Waals surface area contributed by atoms with E-state index in [-0.39, 0.29) is 0 Å². The van der Waals surface area contributed by atoms with Crippen molar-refractivity contribution in [3.63, 3.8) is 0 Å². The van der Waals surface area contributed by atoms with Crippen LogP contribution in [-0.4, -0.2) is 42.4 Å². The Hall–Kier alpha value is -17.0. The van der Waals surface area contributed by atoms with Crippen LogP contribution in [0.25, 0.3) is 233 Å². The molecule has 0 amide bonds. The molecule has 0 N–H and O–H groups in total. The molecule has 0 aliphatic carbocycles. The molecule has 8 heterocycles. The number of aromatic nitrogens is 9. The molecule has 0 saturated carbocycles. The molecule has 0 aliphatic rings. The van der Waals surface area contributed by atoms with Crippen LogP contribution in [0, 0.1) is 0 Å². The molecule has 0 spiro atoms. The number of rotatable bonds is 12. The SMILES string of the molecule is c1ccc2c(c1)c1ccccc1n2-c1ccc(-c2cc(-c3ccc(-n4c5ccccc5c5ccccc54)cc3)nc(-c3ccc(-n4c5ccccc5c5ccccc54)cc3)c2)cc1.c1ccc2c(c1)c1ccccc1n2-c1ccc(-c2cc(-c3ccc(-n4c5ccccc5c5ccccc54)cc3)nc(-c3ccc(-n4c5ccccc5c5ccccc54)cc3)n2)cc1. The number of benzene rings is 18. The molecule has 0 radical (unpaired) electrons. The van der Waals surface area contributed by atoms with Crippen LogP contribution in [0.4, 0.5) is 0 Å². The Morgan fingerprint density at radius 1 is 0.119 bits per heavy atom. The zero-order chi connectivity index (χ0) is 82.9. The van der Waals surface area contributed by atoms with E-state index in [0.29, 0.717) is 5.82 Å². The summed E-state index contributed by atoms with van der Waals surface area (Å²) in [6, 6.07) is 163. The number of nitrogens with zero attached hydrogens (tertiary/aromatic N) is 9. The summed E-state index contributed by atoms with van der Waals surface area (Å²) in [4.78, 5) is 16.0. The lowest BCUT2D eigenvalue weighted by Gasteiger charge is -2.14. The highest BCUT2D eigenvalue weighted by atomic mass is 15.0. The monoisotopic (exact) mass is 1610 g/mol. The van der Waals surface area contributed by atoms with Crippen molar-refractivity contribution < 1.29 is 0 Å². The zero-order valence-electron chi connectivity index (χ0n) is 68.3. The molecule has 588 valence electrons. The number of hydrogen-bond donors (Lipinski definition) is 0. The molecule has 0 aliphatic heterocycles. The summed E-state index contributed by atoms with van der Waals surface area (Å²) in [6.45, 7) is 0. The van der Waals surface area contributed by atoms with Crippen molar-refractivity contribution >= 4 is 131 Å². The largest absolute Gasteiger partial charge is 0.309 e. The number of fused-ring (bicyclic) bond motifs is 18. The van der Waals surface area contributed by atoms with Crippen molar-refractivity contribution in [2.75, 3.05) is 0 Å². The van der Waals surface area contributed by atoms with Crippen LogP contribution in [-0.2, 0) is 0 Å². The van der Waals surface area contributed by atoms with Crippen LogP contribution < -0.4 is 0 Å². The van der Waals surface area contributed by atoms with E-state index < -0.39 is 0 Å². The van der Waals surface area contributed by atoms with Gasteiger partial charge in [-0.15, -0.1) is 0 Å². The van der Waals surface area contributed by atoms with Gasteiger partial charge >= 0.3 is 0 Å². The van der Waals surface area contributed by atoms with Gasteiger partial charge in [0, 0.05) is 127 Å². The maximum absolute atomic E-state index is 5.39. The lowest BCUT2D eigenvalue weighted by atomic mass is 9.99. The van der Waals surface area contributed by atoms with Crippen LogP contribution in [0.3, 0.4) is 0 Å². The van der Waals surface area contributed by atoms with E-state index in [4.69, 9.17) is 15.0 Å². The van der Waals surface area contributed by atoms with Gasteiger partial charge in [-0.3, -0.25) is 0 Å². The molecule has 0 saturated heterocycles. The molecular formula is C117H75N9. The smallest absolute Gasteiger partial charge is 0.160 e. The third kappa shape index (κ3) is 11.8. The highest BCUT2D eigenvalue weighted by Gasteiger charge is 2.22. The van der Waals surface area contributed by atoms with Gasteiger partial charge in [-0.1, -0.05) is 279 Å². The van der Waals surface area contributed by atoms with E-state index in [1.54, 1.807) is 0 Å². The topological polar surface area (TPSA) is 68.2 Å². The molecule has 9 nitrogen and oxygen atoms in total. The van der Waals surface area contributed by atoms with Crippen molar-refractivity contribution in [3.8, 4) is 102 Å². The number of hydrogen-bond acceptors (Lipinski definition) is 3. The second-order valence-corrected chi connectivity index (χ2v) is 32.6. The van der Waals surface area contributed by atoms with Gasteiger partial charge in [-0.25, -0.2) is 15.0 Å². The average Bonchev–Trinajstić information content (AvgIpc) is 1.62.